The van der Waals surface area contributed by atoms with Crippen LogP contribution in [0.5, 0.6) is 0 Å². The Hall–Kier alpha value is -1.63. The molecule has 0 radical (unpaired) electrons. The monoisotopic (exact) mass is 287 g/mol. The number of nitrogen functional groups attached to an aromatic ring is 1. The van der Waals surface area contributed by atoms with Gasteiger partial charge in [0.2, 0.25) is 0 Å². The third kappa shape index (κ3) is 2.86. The molecule has 1 atom stereocenters. The van der Waals surface area contributed by atoms with Crippen LogP contribution in [0.4, 0.5) is 18.3 Å². The molecule has 2 aromatic rings. The van der Waals surface area contributed by atoms with Crippen molar-refractivity contribution in [1.29, 1.82) is 0 Å². The summed E-state index contributed by atoms with van der Waals surface area (Å²) in [5.74, 6) is -1.60. The molecule has 19 heavy (non-hydrogen) atoms. The van der Waals surface area contributed by atoms with Gasteiger partial charge in [-0.15, -0.1) is 0 Å². The second kappa shape index (κ2) is 4.80. The Bertz CT molecular complexity index is 592. The first-order valence-corrected chi connectivity index (χ1v) is 6.36. The van der Waals surface area contributed by atoms with Gasteiger partial charge in [-0.1, -0.05) is 11.3 Å². The zero-order valence-electron chi connectivity index (χ0n) is 10.3. The van der Waals surface area contributed by atoms with Gasteiger partial charge in [0.1, 0.15) is 0 Å². The maximum Gasteiger partial charge on any atom is 0.396 e. The molecular weight excluding hydrogens is 275 g/mol. The average molecular weight is 287 g/mol. The summed E-state index contributed by atoms with van der Waals surface area (Å²) in [7, 11) is 0. The molecule has 0 amide bonds. The lowest BCUT2D eigenvalue weighted by Crippen LogP contribution is -2.18. The van der Waals surface area contributed by atoms with Crippen LogP contribution in [0.15, 0.2) is 18.3 Å². The number of aryl methyl sites for hydroxylation is 1. The van der Waals surface area contributed by atoms with E-state index in [1.54, 1.807) is 13.0 Å². The maximum atomic E-state index is 12.7. The third-order valence-corrected chi connectivity index (χ3v) is 3.83. The molecule has 0 aliphatic rings. The van der Waals surface area contributed by atoms with Crippen LogP contribution in [0.25, 0.3) is 10.4 Å². The quantitative estimate of drug-likeness (QED) is 0.915. The van der Waals surface area contributed by atoms with Gasteiger partial charge in [-0.25, -0.2) is 4.98 Å². The normalized spacial score (nSPS) is 13.5. The fraction of sp³-hybridized carbons (Fsp3) is 0.333. The highest BCUT2D eigenvalue weighted by Gasteiger charge is 2.38. The summed E-state index contributed by atoms with van der Waals surface area (Å²) in [6.07, 6.45) is -2.92. The van der Waals surface area contributed by atoms with Crippen LogP contribution in [-0.4, -0.2) is 16.1 Å². The van der Waals surface area contributed by atoms with Crippen molar-refractivity contribution in [3.63, 3.8) is 0 Å². The van der Waals surface area contributed by atoms with Crippen molar-refractivity contribution in [3.8, 4) is 10.4 Å². The Kier molecular flexibility index (Phi) is 3.49. The summed E-state index contributed by atoms with van der Waals surface area (Å²) in [6.45, 7) is 2.87. The maximum absolute atomic E-state index is 12.7. The summed E-state index contributed by atoms with van der Waals surface area (Å²) >= 11 is 1.25. The van der Waals surface area contributed by atoms with E-state index in [1.807, 2.05) is 0 Å². The highest BCUT2D eigenvalue weighted by Crippen LogP contribution is 2.36. The summed E-state index contributed by atoms with van der Waals surface area (Å²) in [4.78, 5) is 8.64. The molecule has 0 spiro atoms. The molecule has 0 aliphatic heterocycles. The van der Waals surface area contributed by atoms with Crippen LogP contribution in [0.3, 0.4) is 0 Å². The predicted octanol–water partition coefficient (Wildman–Crippen LogP) is 3.76. The molecule has 0 bridgehead atoms. The molecule has 0 aromatic carbocycles. The Morgan fingerprint density at radius 3 is 2.58 bits per heavy atom. The summed E-state index contributed by atoms with van der Waals surface area (Å²) < 4.78 is 38.0. The number of halogens is 3. The predicted molar refractivity (Wildman–Crippen MR) is 69.0 cm³/mol. The molecule has 102 valence electrons. The highest BCUT2D eigenvalue weighted by molar-refractivity contribution is 7.18. The molecule has 2 rings (SSSR count). The average Bonchev–Trinajstić information content (AvgIpc) is 2.66. The van der Waals surface area contributed by atoms with Gasteiger partial charge < -0.3 is 5.73 Å². The fourth-order valence-electron chi connectivity index (χ4n) is 1.68. The topological polar surface area (TPSA) is 51.8 Å². The second-order valence-electron chi connectivity index (χ2n) is 4.20. The van der Waals surface area contributed by atoms with Crippen LogP contribution in [0, 0.1) is 6.92 Å². The number of pyridine rings is 1. The summed E-state index contributed by atoms with van der Waals surface area (Å²) in [5.41, 5.74) is 6.96. The number of alkyl halides is 3. The molecule has 0 saturated carbocycles. The van der Waals surface area contributed by atoms with Crippen molar-refractivity contribution >= 4 is 16.5 Å². The van der Waals surface area contributed by atoms with Crippen molar-refractivity contribution in [3.05, 3.63) is 29.7 Å². The van der Waals surface area contributed by atoms with Gasteiger partial charge in [0.05, 0.1) is 22.2 Å². The van der Waals surface area contributed by atoms with Gasteiger partial charge in [-0.2, -0.15) is 13.2 Å². The number of hydrogen-bond donors (Lipinski definition) is 1. The van der Waals surface area contributed by atoms with Crippen molar-refractivity contribution in [2.24, 2.45) is 0 Å². The lowest BCUT2D eigenvalue weighted by atomic mass is 10.0. The molecule has 7 heteroatoms. The number of nitrogens with two attached hydrogens (primary N) is 1. The Morgan fingerprint density at radius 1 is 1.37 bits per heavy atom. The highest BCUT2D eigenvalue weighted by atomic mass is 32.1. The zero-order chi connectivity index (χ0) is 14.2. The molecule has 0 fully saturated rings. The Morgan fingerprint density at radius 2 is 2.05 bits per heavy atom. The summed E-state index contributed by atoms with van der Waals surface area (Å²) in [6, 6.07) is 3.10. The van der Waals surface area contributed by atoms with Crippen molar-refractivity contribution in [1.82, 2.24) is 9.97 Å². The smallest absolute Gasteiger partial charge is 0.375 e. The van der Waals surface area contributed by atoms with E-state index in [0.717, 1.165) is 11.8 Å². The minimum atomic E-state index is -4.30. The Labute approximate surface area is 112 Å². The van der Waals surface area contributed by atoms with Gasteiger partial charge >= 0.3 is 6.18 Å². The summed E-state index contributed by atoms with van der Waals surface area (Å²) in [5, 5.41) is 0.398. The minimum Gasteiger partial charge on any atom is -0.375 e. The number of anilines is 1. The third-order valence-electron chi connectivity index (χ3n) is 2.79. The molecule has 3 nitrogen and oxygen atoms in total. The number of nitrogens with zero attached hydrogens (tertiary/aromatic N) is 2. The fourth-order valence-corrected chi connectivity index (χ4v) is 2.51. The van der Waals surface area contributed by atoms with Crippen LogP contribution >= 0.6 is 11.3 Å². The molecule has 0 saturated heterocycles. The second-order valence-corrected chi connectivity index (χ2v) is 5.23. The van der Waals surface area contributed by atoms with E-state index in [0.29, 0.717) is 16.4 Å². The van der Waals surface area contributed by atoms with Gasteiger partial charge in [0.15, 0.2) is 5.13 Å². The van der Waals surface area contributed by atoms with Crippen LogP contribution < -0.4 is 5.73 Å². The molecule has 0 aliphatic carbocycles. The first kappa shape index (κ1) is 13.8. The SMILES string of the molecule is Cc1nc(N)sc1-c1ccnc(C(C)C(F)(F)F)c1. The zero-order valence-corrected chi connectivity index (χ0v) is 11.1. The van der Waals surface area contributed by atoms with Gasteiger partial charge in [0.25, 0.3) is 0 Å². The lowest BCUT2D eigenvalue weighted by molar-refractivity contribution is -0.147. The first-order chi connectivity index (χ1) is 8.79. The number of aromatic nitrogens is 2. The van der Waals surface area contributed by atoms with Crippen LogP contribution in [-0.2, 0) is 0 Å². The van der Waals surface area contributed by atoms with Gasteiger partial charge in [-0.05, 0) is 31.5 Å². The lowest BCUT2D eigenvalue weighted by Gasteiger charge is -2.15. The Balaban J connectivity index is 2.43. The molecule has 2 aromatic heterocycles. The van der Waals surface area contributed by atoms with E-state index in [1.165, 1.54) is 23.6 Å². The van der Waals surface area contributed by atoms with E-state index in [4.69, 9.17) is 5.73 Å². The first-order valence-electron chi connectivity index (χ1n) is 5.55. The minimum absolute atomic E-state index is 0.00336. The van der Waals surface area contributed by atoms with E-state index in [-0.39, 0.29) is 5.69 Å². The molecular formula is C12H12F3N3S. The standard InChI is InChI=1S/C12H12F3N3S/c1-6(12(13,14)15)9-5-8(3-4-17-9)10-7(2)18-11(16)19-10/h3-6H,1-2H3,(H2,16,18). The van der Waals surface area contributed by atoms with Gasteiger partial charge in [-0.3, -0.25) is 4.98 Å². The van der Waals surface area contributed by atoms with Crippen LogP contribution in [0.2, 0.25) is 0 Å². The number of hydrogen-bond acceptors (Lipinski definition) is 4. The largest absolute Gasteiger partial charge is 0.396 e. The van der Waals surface area contributed by atoms with Crippen molar-refractivity contribution in [2.45, 2.75) is 25.9 Å². The molecule has 2 N–H and O–H groups in total. The van der Waals surface area contributed by atoms with Crippen LogP contribution in [0.1, 0.15) is 24.2 Å². The molecule has 1 unspecified atom stereocenters. The molecule has 2 heterocycles. The van der Waals surface area contributed by atoms with E-state index in [9.17, 15) is 13.2 Å². The van der Waals surface area contributed by atoms with E-state index in [2.05, 4.69) is 9.97 Å². The van der Waals surface area contributed by atoms with Gasteiger partial charge in [0, 0.05) is 6.20 Å². The number of rotatable bonds is 2. The van der Waals surface area contributed by atoms with E-state index < -0.39 is 12.1 Å². The van der Waals surface area contributed by atoms with E-state index >= 15 is 0 Å². The number of thiazole rings is 1. The van der Waals surface area contributed by atoms with Crippen molar-refractivity contribution in [2.75, 3.05) is 5.73 Å². The van der Waals surface area contributed by atoms with Crippen molar-refractivity contribution < 1.29 is 13.2 Å².